The first-order valence-electron chi connectivity index (χ1n) is 11.9. The van der Waals surface area contributed by atoms with Gasteiger partial charge >= 0.3 is 0 Å². The number of pyridine rings is 1. The normalized spacial score (nSPS) is 11.3. The molecule has 7 nitrogen and oxygen atoms in total. The number of carbonyl (C=O) groups is 2. The summed E-state index contributed by atoms with van der Waals surface area (Å²) < 4.78 is 10.5. The van der Waals surface area contributed by atoms with E-state index in [-0.39, 0.29) is 24.8 Å². The molecule has 1 atom stereocenters. The van der Waals surface area contributed by atoms with E-state index >= 15 is 0 Å². The predicted octanol–water partition coefficient (Wildman–Crippen LogP) is 5.05. The average Bonchev–Trinajstić information content (AvgIpc) is 2.94. The number of aromatic nitrogens is 1. The van der Waals surface area contributed by atoms with E-state index in [0.717, 1.165) is 11.1 Å². The van der Waals surface area contributed by atoms with Crippen LogP contribution in [0.15, 0.2) is 103 Å². The molecule has 1 aromatic heterocycles. The summed E-state index contributed by atoms with van der Waals surface area (Å²) in [5, 5.41) is 2.97. The third-order valence-corrected chi connectivity index (χ3v) is 5.94. The Labute approximate surface area is 216 Å². The summed E-state index contributed by atoms with van der Waals surface area (Å²) in [6, 6.07) is 26.6. The van der Waals surface area contributed by atoms with Crippen LogP contribution in [0, 0.1) is 0 Å². The number of carbonyl (C=O) groups excluding carboxylic acids is 2. The third-order valence-electron chi connectivity index (χ3n) is 5.94. The molecule has 1 N–H and O–H groups in total. The van der Waals surface area contributed by atoms with Crippen molar-refractivity contribution in [2.24, 2.45) is 0 Å². The maximum atomic E-state index is 13.8. The molecule has 0 radical (unpaired) electrons. The molecule has 7 heteroatoms. The molecule has 188 valence electrons. The van der Waals surface area contributed by atoms with Crippen molar-refractivity contribution in [3.8, 4) is 11.5 Å². The highest BCUT2D eigenvalue weighted by Gasteiger charge is 2.32. The van der Waals surface area contributed by atoms with E-state index in [2.05, 4.69) is 10.3 Å². The molecule has 0 fully saturated rings. The molecule has 0 bridgehead atoms. The number of ether oxygens (including phenoxy) is 2. The van der Waals surface area contributed by atoms with Crippen LogP contribution in [0.2, 0.25) is 0 Å². The molecule has 37 heavy (non-hydrogen) atoms. The minimum absolute atomic E-state index is 0.156. The number of amides is 2. The molecule has 2 amide bonds. The van der Waals surface area contributed by atoms with Gasteiger partial charge < -0.3 is 19.7 Å². The standard InChI is InChI=1S/C30H29N3O4/c1-36-26-14-10-24(11-15-26)29(30(35)32-25-12-16-27(37-2)17-13-25)33(21-23-9-6-18-31-20-23)28(34)19-22-7-4-3-5-8-22/h3-18,20,29H,19,21H2,1-2H3,(H,32,35). The van der Waals surface area contributed by atoms with Gasteiger partial charge in [-0.05, 0) is 59.2 Å². The lowest BCUT2D eigenvalue weighted by Crippen LogP contribution is -2.41. The minimum Gasteiger partial charge on any atom is -0.497 e. The highest BCUT2D eigenvalue weighted by molar-refractivity contribution is 5.98. The zero-order valence-corrected chi connectivity index (χ0v) is 20.8. The van der Waals surface area contributed by atoms with E-state index in [4.69, 9.17) is 9.47 Å². The van der Waals surface area contributed by atoms with Gasteiger partial charge in [0.1, 0.15) is 17.5 Å². The molecular formula is C30H29N3O4. The van der Waals surface area contributed by atoms with Gasteiger partial charge in [0, 0.05) is 24.6 Å². The van der Waals surface area contributed by atoms with Gasteiger partial charge in [-0.3, -0.25) is 14.6 Å². The second-order valence-electron chi connectivity index (χ2n) is 8.44. The maximum absolute atomic E-state index is 13.8. The van der Waals surface area contributed by atoms with Gasteiger partial charge in [-0.2, -0.15) is 0 Å². The number of rotatable bonds is 10. The number of anilines is 1. The summed E-state index contributed by atoms with van der Waals surface area (Å²) >= 11 is 0. The van der Waals surface area contributed by atoms with E-state index in [1.807, 2.05) is 54.6 Å². The van der Waals surface area contributed by atoms with E-state index in [0.29, 0.717) is 22.7 Å². The van der Waals surface area contributed by atoms with Crippen LogP contribution < -0.4 is 14.8 Å². The van der Waals surface area contributed by atoms with Crippen molar-refractivity contribution in [1.29, 1.82) is 0 Å². The van der Waals surface area contributed by atoms with Crippen molar-refractivity contribution in [2.75, 3.05) is 19.5 Å². The Bertz CT molecular complexity index is 1290. The van der Waals surface area contributed by atoms with Crippen LogP contribution in [0.1, 0.15) is 22.7 Å². The fraction of sp³-hybridized carbons (Fsp3) is 0.167. The van der Waals surface area contributed by atoms with Crippen LogP contribution in [0.25, 0.3) is 0 Å². The lowest BCUT2D eigenvalue weighted by molar-refractivity contribution is -0.139. The Balaban J connectivity index is 1.72. The number of nitrogens with zero attached hydrogens (tertiary/aromatic N) is 2. The molecule has 0 aliphatic rings. The Kier molecular flexibility index (Phi) is 8.49. The first-order chi connectivity index (χ1) is 18.1. The summed E-state index contributed by atoms with van der Waals surface area (Å²) in [5.74, 6) is 0.829. The average molecular weight is 496 g/mol. The zero-order valence-electron chi connectivity index (χ0n) is 20.8. The van der Waals surface area contributed by atoms with Gasteiger partial charge in [-0.15, -0.1) is 0 Å². The first-order valence-corrected chi connectivity index (χ1v) is 11.9. The summed E-state index contributed by atoms with van der Waals surface area (Å²) in [7, 11) is 3.17. The lowest BCUT2D eigenvalue weighted by Gasteiger charge is -2.32. The van der Waals surface area contributed by atoms with Crippen LogP contribution in [-0.4, -0.2) is 35.9 Å². The molecule has 0 saturated heterocycles. The van der Waals surface area contributed by atoms with E-state index in [1.165, 1.54) is 0 Å². The smallest absolute Gasteiger partial charge is 0.251 e. The highest BCUT2D eigenvalue weighted by Crippen LogP contribution is 2.28. The van der Waals surface area contributed by atoms with Crippen molar-refractivity contribution < 1.29 is 19.1 Å². The molecule has 4 aromatic rings. The van der Waals surface area contributed by atoms with Crippen molar-refractivity contribution in [2.45, 2.75) is 19.0 Å². The topological polar surface area (TPSA) is 80.8 Å². The molecule has 4 rings (SSSR count). The third kappa shape index (κ3) is 6.73. The Morgan fingerprint density at radius 3 is 2.03 bits per heavy atom. The predicted molar refractivity (Wildman–Crippen MR) is 142 cm³/mol. The van der Waals surface area contributed by atoms with Gasteiger partial charge in [0.15, 0.2) is 0 Å². The molecule has 1 unspecified atom stereocenters. The quantitative estimate of drug-likeness (QED) is 0.333. The van der Waals surface area contributed by atoms with Gasteiger partial charge in [-0.1, -0.05) is 48.5 Å². The zero-order chi connectivity index (χ0) is 26.0. The Morgan fingerprint density at radius 1 is 0.811 bits per heavy atom. The molecule has 0 spiro atoms. The lowest BCUT2D eigenvalue weighted by atomic mass is 10.0. The van der Waals surface area contributed by atoms with Crippen LogP contribution in [-0.2, 0) is 22.6 Å². The summed E-state index contributed by atoms with van der Waals surface area (Å²) in [6.07, 6.45) is 3.54. The van der Waals surface area contributed by atoms with E-state index < -0.39 is 6.04 Å². The minimum atomic E-state index is -0.899. The van der Waals surface area contributed by atoms with E-state index in [9.17, 15) is 9.59 Å². The number of nitrogens with one attached hydrogen (secondary N) is 1. The van der Waals surface area contributed by atoms with Crippen LogP contribution in [0.4, 0.5) is 5.69 Å². The van der Waals surface area contributed by atoms with Crippen molar-refractivity contribution >= 4 is 17.5 Å². The molecule has 0 aliphatic heterocycles. The monoisotopic (exact) mass is 495 g/mol. The second kappa shape index (κ2) is 12.4. The molecule has 0 saturated carbocycles. The van der Waals surface area contributed by atoms with Crippen LogP contribution in [0.3, 0.4) is 0 Å². The summed E-state index contributed by atoms with van der Waals surface area (Å²) in [5.41, 5.74) is 2.95. The summed E-state index contributed by atoms with van der Waals surface area (Å²) in [6.45, 7) is 0.215. The van der Waals surface area contributed by atoms with Gasteiger partial charge in [-0.25, -0.2) is 0 Å². The van der Waals surface area contributed by atoms with Crippen LogP contribution >= 0.6 is 0 Å². The maximum Gasteiger partial charge on any atom is 0.251 e. The highest BCUT2D eigenvalue weighted by atomic mass is 16.5. The SMILES string of the molecule is COc1ccc(NC(=O)C(c2ccc(OC)cc2)N(Cc2cccnc2)C(=O)Cc2ccccc2)cc1. The molecule has 3 aromatic carbocycles. The van der Waals surface area contributed by atoms with Crippen LogP contribution in [0.5, 0.6) is 11.5 Å². The molecule has 0 aliphatic carbocycles. The summed E-state index contributed by atoms with van der Waals surface area (Å²) in [4.78, 5) is 33.4. The number of hydrogen-bond acceptors (Lipinski definition) is 5. The molecule has 1 heterocycles. The van der Waals surface area contributed by atoms with E-state index in [1.54, 1.807) is 67.9 Å². The largest absolute Gasteiger partial charge is 0.497 e. The number of hydrogen-bond donors (Lipinski definition) is 1. The fourth-order valence-electron chi connectivity index (χ4n) is 4.03. The Hall–Kier alpha value is -4.65. The second-order valence-corrected chi connectivity index (χ2v) is 8.44. The number of methoxy groups -OCH3 is 2. The van der Waals surface area contributed by atoms with Gasteiger partial charge in [0.2, 0.25) is 5.91 Å². The number of benzene rings is 3. The van der Waals surface area contributed by atoms with Gasteiger partial charge in [0.25, 0.3) is 5.91 Å². The van der Waals surface area contributed by atoms with Gasteiger partial charge in [0.05, 0.1) is 20.6 Å². The first kappa shape index (κ1) is 25.4. The fourth-order valence-corrected chi connectivity index (χ4v) is 4.03. The van der Waals surface area contributed by atoms with Crippen molar-refractivity contribution in [3.05, 3.63) is 120 Å². The Morgan fingerprint density at radius 2 is 1.43 bits per heavy atom. The van der Waals surface area contributed by atoms with Crippen molar-refractivity contribution in [3.63, 3.8) is 0 Å². The molecular weight excluding hydrogens is 466 g/mol. The van der Waals surface area contributed by atoms with Crippen molar-refractivity contribution in [1.82, 2.24) is 9.88 Å².